The summed E-state index contributed by atoms with van der Waals surface area (Å²) >= 11 is 0. The second-order valence-electron chi connectivity index (χ2n) is 6.83. The topological polar surface area (TPSA) is 104 Å². The number of imide groups is 1. The Bertz CT molecular complexity index is 649. The lowest BCUT2D eigenvalue weighted by molar-refractivity contribution is -0.147. The zero-order valence-corrected chi connectivity index (χ0v) is 15.6. The van der Waals surface area contributed by atoms with Gasteiger partial charge < -0.3 is 9.64 Å². The molecule has 0 N–H and O–H groups in total. The van der Waals surface area contributed by atoms with Crippen molar-refractivity contribution < 1.29 is 27.5 Å². The largest absolute Gasteiger partial charge is 0.368 e. The number of amides is 3. The van der Waals surface area contributed by atoms with Crippen molar-refractivity contribution in [1.82, 2.24) is 14.1 Å². The fraction of sp³-hybridized carbons (Fsp3) is 0.812. The first kappa shape index (κ1) is 19.2. The van der Waals surface area contributed by atoms with Crippen LogP contribution in [0, 0.1) is 0 Å². The van der Waals surface area contributed by atoms with Gasteiger partial charge in [-0.05, 0) is 19.3 Å². The van der Waals surface area contributed by atoms with Crippen molar-refractivity contribution in [3.05, 3.63) is 0 Å². The van der Waals surface area contributed by atoms with Crippen LogP contribution in [0.15, 0.2) is 0 Å². The molecule has 0 aromatic carbocycles. The minimum absolute atomic E-state index is 0.0657. The first-order valence-corrected chi connectivity index (χ1v) is 10.7. The van der Waals surface area contributed by atoms with Gasteiger partial charge in [0, 0.05) is 52.2 Å². The van der Waals surface area contributed by atoms with Crippen LogP contribution < -0.4 is 0 Å². The number of hydrogen-bond acceptors (Lipinski definition) is 6. The molecule has 0 aliphatic carbocycles. The predicted molar refractivity (Wildman–Crippen MR) is 91.5 cm³/mol. The first-order chi connectivity index (χ1) is 12.4. The van der Waals surface area contributed by atoms with Crippen LogP contribution >= 0.6 is 0 Å². The summed E-state index contributed by atoms with van der Waals surface area (Å²) in [4.78, 5) is 38.6. The monoisotopic (exact) mass is 387 g/mol. The van der Waals surface area contributed by atoms with Crippen molar-refractivity contribution in [2.75, 3.05) is 45.1 Å². The summed E-state index contributed by atoms with van der Waals surface area (Å²) < 4.78 is 31.8. The third kappa shape index (κ3) is 4.24. The molecular formula is C16H25N3O6S. The van der Waals surface area contributed by atoms with Crippen molar-refractivity contribution in [1.29, 1.82) is 0 Å². The molecule has 0 saturated carbocycles. The Balaban J connectivity index is 1.50. The molecule has 1 atom stereocenters. The van der Waals surface area contributed by atoms with E-state index in [9.17, 15) is 22.8 Å². The second-order valence-corrected chi connectivity index (χ2v) is 8.92. The Labute approximate surface area is 153 Å². The summed E-state index contributed by atoms with van der Waals surface area (Å²) in [6, 6.07) is 0. The fourth-order valence-corrected chi connectivity index (χ4v) is 4.94. The SMILES string of the molecule is O=C(C1CCCO1)N1CCN(S(=O)(=O)CCN2C(=O)CCCC2=O)CC1. The van der Waals surface area contributed by atoms with E-state index in [1.165, 1.54) is 4.31 Å². The molecule has 3 amide bonds. The minimum atomic E-state index is -3.58. The molecule has 3 saturated heterocycles. The smallest absolute Gasteiger partial charge is 0.251 e. The number of piperazine rings is 1. The van der Waals surface area contributed by atoms with E-state index in [-0.39, 0.29) is 56.0 Å². The zero-order chi connectivity index (χ0) is 18.7. The lowest BCUT2D eigenvalue weighted by atomic mass is 10.1. The number of piperidine rings is 1. The summed E-state index contributed by atoms with van der Waals surface area (Å²) in [5.74, 6) is -0.944. The van der Waals surface area contributed by atoms with E-state index in [4.69, 9.17) is 4.74 Å². The molecule has 9 nitrogen and oxygen atoms in total. The molecule has 10 heteroatoms. The van der Waals surface area contributed by atoms with Gasteiger partial charge in [-0.3, -0.25) is 19.3 Å². The number of nitrogens with zero attached hydrogens (tertiary/aromatic N) is 3. The van der Waals surface area contributed by atoms with Gasteiger partial charge in [-0.2, -0.15) is 4.31 Å². The highest BCUT2D eigenvalue weighted by Gasteiger charge is 2.34. The predicted octanol–water partition coefficient (Wildman–Crippen LogP) is -0.821. The molecule has 3 aliphatic rings. The van der Waals surface area contributed by atoms with Gasteiger partial charge in [0.25, 0.3) is 5.91 Å². The van der Waals surface area contributed by atoms with Crippen LogP contribution in [0.2, 0.25) is 0 Å². The summed E-state index contributed by atoms with van der Waals surface area (Å²) in [6.45, 7) is 1.61. The molecule has 0 spiro atoms. The minimum Gasteiger partial charge on any atom is -0.368 e. The van der Waals surface area contributed by atoms with Crippen LogP contribution in [-0.4, -0.2) is 91.4 Å². The van der Waals surface area contributed by atoms with Crippen LogP contribution in [0.25, 0.3) is 0 Å². The number of hydrogen-bond donors (Lipinski definition) is 0. The maximum absolute atomic E-state index is 12.5. The molecule has 3 fully saturated rings. The van der Waals surface area contributed by atoms with Crippen molar-refractivity contribution in [3.63, 3.8) is 0 Å². The Morgan fingerprint density at radius 1 is 1.04 bits per heavy atom. The average Bonchev–Trinajstić information content (AvgIpc) is 3.15. The molecule has 3 rings (SSSR count). The summed E-state index contributed by atoms with van der Waals surface area (Å²) in [5.41, 5.74) is 0. The third-order valence-electron chi connectivity index (χ3n) is 5.11. The van der Waals surface area contributed by atoms with Crippen LogP contribution in [0.4, 0.5) is 0 Å². The quantitative estimate of drug-likeness (QED) is 0.571. The van der Waals surface area contributed by atoms with Crippen LogP contribution in [-0.2, 0) is 29.1 Å². The molecule has 0 aromatic heterocycles. The first-order valence-electron chi connectivity index (χ1n) is 9.10. The van der Waals surface area contributed by atoms with E-state index in [1.54, 1.807) is 4.90 Å². The normalized spacial score (nSPS) is 25.8. The summed E-state index contributed by atoms with van der Waals surface area (Å²) in [5, 5.41) is 0. The van der Waals surface area contributed by atoms with E-state index in [2.05, 4.69) is 0 Å². The maximum atomic E-state index is 12.5. The molecule has 26 heavy (non-hydrogen) atoms. The van der Waals surface area contributed by atoms with Gasteiger partial charge in [0.2, 0.25) is 21.8 Å². The van der Waals surface area contributed by atoms with Gasteiger partial charge in [-0.25, -0.2) is 8.42 Å². The molecule has 0 radical (unpaired) electrons. The highest BCUT2D eigenvalue weighted by Crippen LogP contribution is 2.17. The Kier molecular flexibility index (Phi) is 5.93. The van der Waals surface area contributed by atoms with Gasteiger partial charge in [-0.1, -0.05) is 0 Å². The van der Waals surface area contributed by atoms with Crippen LogP contribution in [0.1, 0.15) is 32.1 Å². The van der Waals surface area contributed by atoms with Crippen molar-refractivity contribution in [2.24, 2.45) is 0 Å². The van der Waals surface area contributed by atoms with Crippen molar-refractivity contribution in [2.45, 2.75) is 38.2 Å². The summed E-state index contributed by atoms with van der Waals surface area (Å²) in [6.07, 6.45) is 2.30. The number of carbonyl (C=O) groups excluding carboxylic acids is 3. The van der Waals surface area contributed by atoms with Crippen LogP contribution in [0.5, 0.6) is 0 Å². The Morgan fingerprint density at radius 2 is 1.69 bits per heavy atom. The van der Waals surface area contributed by atoms with E-state index >= 15 is 0 Å². The van der Waals surface area contributed by atoms with Crippen molar-refractivity contribution in [3.8, 4) is 0 Å². The molecular weight excluding hydrogens is 362 g/mol. The molecule has 146 valence electrons. The van der Waals surface area contributed by atoms with Gasteiger partial charge in [0.15, 0.2) is 0 Å². The lowest BCUT2D eigenvalue weighted by Gasteiger charge is -2.35. The number of rotatable bonds is 5. The number of sulfonamides is 1. The maximum Gasteiger partial charge on any atom is 0.251 e. The van der Waals surface area contributed by atoms with Crippen LogP contribution in [0.3, 0.4) is 0 Å². The number of carbonyl (C=O) groups is 3. The highest BCUT2D eigenvalue weighted by atomic mass is 32.2. The third-order valence-corrected chi connectivity index (χ3v) is 6.96. The summed E-state index contributed by atoms with van der Waals surface area (Å²) in [7, 11) is -3.58. The van der Waals surface area contributed by atoms with Gasteiger partial charge in [-0.15, -0.1) is 0 Å². The molecule has 0 aromatic rings. The average molecular weight is 387 g/mol. The molecule has 1 unspecified atom stereocenters. The fourth-order valence-electron chi connectivity index (χ4n) is 3.55. The molecule has 0 bridgehead atoms. The number of likely N-dealkylation sites (tertiary alicyclic amines) is 1. The second kappa shape index (κ2) is 8.01. The molecule has 3 heterocycles. The van der Waals surface area contributed by atoms with Gasteiger partial charge in [0.05, 0.1) is 5.75 Å². The van der Waals surface area contributed by atoms with Gasteiger partial charge in [0.1, 0.15) is 6.10 Å². The lowest BCUT2D eigenvalue weighted by Crippen LogP contribution is -2.54. The highest BCUT2D eigenvalue weighted by molar-refractivity contribution is 7.89. The zero-order valence-electron chi connectivity index (χ0n) is 14.8. The van der Waals surface area contributed by atoms with E-state index in [0.717, 1.165) is 17.7 Å². The van der Waals surface area contributed by atoms with E-state index in [1.807, 2.05) is 0 Å². The van der Waals surface area contributed by atoms with Crippen molar-refractivity contribution >= 4 is 27.7 Å². The number of ether oxygens (including phenoxy) is 1. The van der Waals surface area contributed by atoms with E-state index < -0.39 is 16.1 Å². The van der Waals surface area contributed by atoms with Gasteiger partial charge >= 0.3 is 0 Å². The Hall–Kier alpha value is -1.52. The standard InChI is InChI=1S/C16H25N3O6S/c20-14-4-1-5-15(21)19(14)10-12-26(23,24)18-8-6-17(7-9-18)16(22)13-3-2-11-25-13/h13H,1-12H2. The molecule has 3 aliphatic heterocycles. The Morgan fingerprint density at radius 3 is 2.27 bits per heavy atom. The van der Waals surface area contributed by atoms with E-state index in [0.29, 0.717) is 26.1 Å².